The van der Waals surface area contributed by atoms with Crippen LogP contribution in [0.5, 0.6) is 0 Å². The number of ether oxygens (including phenoxy) is 1. The van der Waals surface area contributed by atoms with Gasteiger partial charge in [-0.2, -0.15) is 0 Å². The number of hydrogen-bond donors (Lipinski definition) is 2. The van der Waals surface area contributed by atoms with Crippen LogP contribution in [0.4, 0.5) is 5.82 Å². The molecule has 1 aromatic heterocycles. The molecule has 4 heteroatoms. The average Bonchev–Trinajstić information content (AvgIpc) is 2.84. The molecule has 1 saturated heterocycles. The van der Waals surface area contributed by atoms with Crippen LogP contribution in [0.25, 0.3) is 10.9 Å². The van der Waals surface area contributed by atoms with Crippen molar-refractivity contribution in [2.24, 2.45) is 0 Å². The van der Waals surface area contributed by atoms with Crippen molar-refractivity contribution in [3.8, 4) is 0 Å². The van der Waals surface area contributed by atoms with Crippen molar-refractivity contribution < 1.29 is 9.84 Å². The lowest BCUT2D eigenvalue weighted by atomic mass is 10.0. The van der Waals surface area contributed by atoms with E-state index in [1.54, 1.807) is 0 Å². The van der Waals surface area contributed by atoms with Gasteiger partial charge in [0.05, 0.1) is 12.1 Å². The van der Waals surface area contributed by atoms with E-state index < -0.39 is 5.60 Å². The SMILES string of the molecule is OC1(CNc2ccc3ccccc3n2)CCOC1. The summed E-state index contributed by atoms with van der Waals surface area (Å²) in [5.74, 6) is 0.786. The van der Waals surface area contributed by atoms with E-state index in [1.807, 2.05) is 36.4 Å². The fourth-order valence-corrected chi connectivity index (χ4v) is 2.16. The average molecular weight is 244 g/mol. The Morgan fingerprint density at radius 2 is 2.17 bits per heavy atom. The Morgan fingerprint density at radius 3 is 3.00 bits per heavy atom. The number of nitrogens with zero attached hydrogens (tertiary/aromatic N) is 1. The molecule has 1 atom stereocenters. The lowest BCUT2D eigenvalue weighted by Gasteiger charge is -2.21. The molecule has 0 bridgehead atoms. The molecule has 0 amide bonds. The van der Waals surface area contributed by atoms with Crippen molar-refractivity contribution in [3.63, 3.8) is 0 Å². The second-order valence-corrected chi connectivity index (χ2v) is 4.77. The molecule has 2 N–H and O–H groups in total. The smallest absolute Gasteiger partial charge is 0.126 e. The zero-order valence-corrected chi connectivity index (χ0v) is 10.1. The van der Waals surface area contributed by atoms with Crippen molar-refractivity contribution in [2.45, 2.75) is 12.0 Å². The highest BCUT2D eigenvalue weighted by Gasteiger charge is 2.31. The first kappa shape index (κ1) is 11.4. The number of nitrogens with one attached hydrogen (secondary N) is 1. The van der Waals surface area contributed by atoms with Gasteiger partial charge in [0.1, 0.15) is 11.4 Å². The molecule has 94 valence electrons. The van der Waals surface area contributed by atoms with Gasteiger partial charge < -0.3 is 15.2 Å². The Bertz CT molecular complexity index is 550. The number of aromatic nitrogens is 1. The van der Waals surface area contributed by atoms with E-state index in [1.165, 1.54) is 0 Å². The van der Waals surface area contributed by atoms with Crippen LogP contribution in [0.15, 0.2) is 36.4 Å². The number of rotatable bonds is 3. The molecule has 3 rings (SSSR count). The Morgan fingerprint density at radius 1 is 1.28 bits per heavy atom. The number of benzene rings is 1. The van der Waals surface area contributed by atoms with Crippen LogP contribution in [0, 0.1) is 0 Å². The van der Waals surface area contributed by atoms with Crippen LogP contribution >= 0.6 is 0 Å². The van der Waals surface area contributed by atoms with Crippen molar-refractivity contribution in [3.05, 3.63) is 36.4 Å². The molecular weight excluding hydrogens is 228 g/mol. The highest BCUT2D eigenvalue weighted by molar-refractivity contribution is 5.80. The summed E-state index contributed by atoms with van der Waals surface area (Å²) in [7, 11) is 0. The summed E-state index contributed by atoms with van der Waals surface area (Å²) in [4.78, 5) is 4.50. The van der Waals surface area contributed by atoms with E-state index in [9.17, 15) is 5.11 Å². The van der Waals surface area contributed by atoms with Gasteiger partial charge >= 0.3 is 0 Å². The molecule has 1 unspecified atom stereocenters. The van der Waals surface area contributed by atoms with Gasteiger partial charge in [-0.1, -0.05) is 18.2 Å². The van der Waals surface area contributed by atoms with E-state index in [0.717, 1.165) is 16.7 Å². The molecule has 1 aromatic carbocycles. The lowest BCUT2D eigenvalue weighted by molar-refractivity contribution is 0.0381. The number of para-hydroxylation sites is 1. The minimum atomic E-state index is -0.757. The third-order valence-electron chi connectivity index (χ3n) is 3.28. The zero-order chi connectivity index (χ0) is 12.4. The summed E-state index contributed by atoms with van der Waals surface area (Å²) in [5.41, 5.74) is 0.199. The standard InChI is InChI=1S/C14H16N2O2/c17-14(7-8-18-10-14)9-15-13-6-5-11-3-1-2-4-12(11)16-13/h1-6,17H,7-10H2,(H,15,16). The third-order valence-corrected chi connectivity index (χ3v) is 3.28. The molecule has 2 heterocycles. The first-order chi connectivity index (χ1) is 8.75. The minimum Gasteiger partial charge on any atom is -0.386 e. The summed E-state index contributed by atoms with van der Waals surface area (Å²) >= 11 is 0. The predicted octanol–water partition coefficient (Wildman–Crippen LogP) is 1.80. The second-order valence-electron chi connectivity index (χ2n) is 4.77. The van der Waals surface area contributed by atoms with Gasteiger partial charge in [-0.05, 0) is 18.2 Å². The molecule has 0 radical (unpaired) electrons. The van der Waals surface area contributed by atoms with Crippen LogP contribution in [-0.4, -0.2) is 35.5 Å². The molecule has 2 aromatic rings. The second kappa shape index (κ2) is 4.55. The number of hydrogen-bond acceptors (Lipinski definition) is 4. The van der Waals surface area contributed by atoms with E-state index in [2.05, 4.69) is 10.3 Å². The van der Waals surface area contributed by atoms with Gasteiger partial charge in [-0.3, -0.25) is 0 Å². The number of aliphatic hydroxyl groups is 1. The highest BCUT2D eigenvalue weighted by atomic mass is 16.5. The van der Waals surface area contributed by atoms with Gasteiger partial charge in [0.2, 0.25) is 0 Å². The fourth-order valence-electron chi connectivity index (χ4n) is 2.16. The van der Waals surface area contributed by atoms with Crippen LogP contribution in [0.3, 0.4) is 0 Å². The van der Waals surface area contributed by atoms with Crippen LogP contribution in [0.2, 0.25) is 0 Å². The summed E-state index contributed by atoms with van der Waals surface area (Å²) in [6, 6.07) is 11.9. The quantitative estimate of drug-likeness (QED) is 0.864. The first-order valence-corrected chi connectivity index (χ1v) is 6.15. The monoisotopic (exact) mass is 244 g/mol. The summed E-state index contributed by atoms with van der Waals surface area (Å²) in [6.07, 6.45) is 0.674. The number of pyridine rings is 1. The van der Waals surface area contributed by atoms with E-state index >= 15 is 0 Å². The fraction of sp³-hybridized carbons (Fsp3) is 0.357. The third kappa shape index (κ3) is 2.30. The topological polar surface area (TPSA) is 54.4 Å². The number of fused-ring (bicyclic) bond motifs is 1. The Kier molecular flexibility index (Phi) is 2.89. The molecular formula is C14H16N2O2. The highest BCUT2D eigenvalue weighted by Crippen LogP contribution is 2.20. The Balaban J connectivity index is 1.74. The molecule has 1 aliphatic heterocycles. The molecule has 0 spiro atoms. The minimum absolute atomic E-state index is 0.396. The Hall–Kier alpha value is -1.65. The largest absolute Gasteiger partial charge is 0.386 e. The van der Waals surface area contributed by atoms with E-state index in [0.29, 0.717) is 26.2 Å². The maximum atomic E-state index is 10.2. The molecule has 18 heavy (non-hydrogen) atoms. The van der Waals surface area contributed by atoms with Crippen LogP contribution in [0.1, 0.15) is 6.42 Å². The maximum Gasteiger partial charge on any atom is 0.126 e. The van der Waals surface area contributed by atoms with Gasteiger partial charge in [-0.15, -0.1) is 0 Å². The van der Waals surface area contributed by atoms with Crippen molar-refractivity contribution >= 4 is 16.7 Å². The molecule has 1 fully saturated rings. The molecule has 4 nitrogen and oxygen atoms in total. The lowest BCUT2D eigenvalue weighted by Crippen LogP contribution is -2.37. The first-order valence-electron chi connectivity index (χ1n) is 6.15. The molecule has 0 saturated carbocycles. The van der Waals surface area contributed by atoms with Gasteiger partial charge in [0.25, 0.3) is 0 Å². The van der Waals surface area contributed by atoms with E-state index in [-0.39, 0.29) is 0 Å². The molecule has 0 aliphatic carbocycles. The maximum absolute atomic E-state index is 10.2. The Labute approximate surface area is 106 Å². The van der Waals surface area contributed by atoms with Crippen LogP contribution < -0.4 is 5.32 Å². The van der Waals surface area contributed by atoms with Crippen molar-refractivity contribution in [2.75, 3.05) is 25.1 Å². The zero-order valence-electron chi connectivity index (χ0n) is 10.1. The van der Waals surface area contributed by atoms with Crippen molar-refractivity contribution in [1.82, 2.24) is 4.98 Å². The summed E-state index contributed by atoms with van der Waals surface area (Å²) in [5, 5.41) is 14.4. The molecule has 1 aliphatic rings. The summed E-state index contributed by atoms with van der Waals surface area (Å²) in [6.45, 7) is 1.50. The summed E-state index contributed by atoms with van der Waals surface area (Å²) < 4.78 is 5.21. The predicted molar refractivity (Wildman–Crippen MR) is 70.6 cm³/mol. The number of anilines is 1. The van der Waals surface area contributed by atoms with Crippen molar-refractivity contribution in [1.29, 1.82) is 0 Å². The van der Waals surface area contributed by atoms with Gasteiger partial charge in [0.15, 0.2) is 0 Å². The normalized spacial score (nSPS) is 23.4. The van der Waals surface area contributed by atoms with E-state index in [4.69, 9.17) is 4.74 Å². The van der Waals surface area contributed by atoms with Crippen LogP contribution in [-0.2, 0) is 4.74 Å². The van der Waals surface area contributed by atoms with Gasteiger partial charge in [0, 0.05) is 25.0 Å². The van der Waals surface area contributed by atoms with Gasteiger partial charge in [-0.25, -0.2) is 4.98 Å².